The number of rotatable bonds is 5. The molecule has 0 bridgehead atoms. The van der Waals surface area contributed by atoms with Crippen molar-refractivity contribution in [3.05, 3.63) is 12.7 Å². The fourth-order valence-electron chi connectivity index (χ4n) is 0.954. The van der Waals surface area contributed by atoms with Gasteiger partial charge in [0.15, 0.2) is 0 Å². The molecule has 0 rings (SSSR count). The fraction of sp³-hybridized carbons (Fsp3) is 0.818. The number of hydrogen-bond donors (Lipinski definition) is 1. The van der Waals surface area contributed by atoms with Gasteiger partial charge in [0.2, 0.25) is 0 Å². The first-order chi connectivity index (χ1) is 5.87. The van der Waals surface area contributed by atoms with Crippen molar-refractivity contribution < 1.29 is 9.84 Å². The van der Waals surface area contributed by atoms with Gasteiger partial charge in [0.1, 0.15) is 0 Å². The van der Waals surface area contributed by atoms with Crippen LogP contribution in [0.25, 0.3) is 0 Å². The molecule has 78 valence electrons. The van der Waals surface area contributed by atoms with E-state index in [9.17, 15) is 5.11 Å². The van der Waals surface area contributed by atoms with Crippen LogP contribution in [0.3, 0.4) is 0 Å². The van der Waals surface area contributed by atoms with Crippen LogP contribution in [-0.2, 0) is 4.74 Å². The largest absolute Gasteiger partial charge is 0.389 e. The highest BCUT2D eigenvalue weighted by molar-refractivity contribution is 4.82. The van der Waals surface area contributed by atoms with E-state index in [1.807, 2.05) is 27.7 Å². The molecule has 2 atom stereocenters. The van der Waals surface area contributed by atoms with E-state index >= 15 is 0 Å². The minimum atomic E-state index is -0.413. The first-order valence-corrected chi connectivity index (χ1v) is 4.81. The summed E-state index contributed by atoms with van der Waals surface area (Å²) in [6.45, 7) is 12.3. The van der Waals surface area contributed by atoms with Crippen LogP contribution in [0.4, 0.5) is 0 Å². The molecule has 0 aromatic rings. The molecule has 0 aliphatic heterocycles. The van der Waals surface area contributed by atoms with E-state index in [2.05, 4.69) is 6.58 Å². The van der Waals surface area contributed by atoms with Gasteiger partial charge in [0, 0.05) is 6.61 Å². The summed E-state index contributed by atoms with van der Waals surface area (Å²) >= 11 is 0. The smallest absolute Gasteiger partial charge is 0.0744 e. The van der Waals surface area contributed by atoms with Gasteiger partial charge >= 0.3 is 0 Å². The third kappa shape index (κ3) is 6.79. The Morgan fingerprint density at radius 1 is 1.46 bits per heavy atom. The summed E-state index contributed by atoms with van der Waals surface area (Å²) in [7, 11) is 0. The van der Waals surface area contributed by atoms with Crippen LogP contribution in [0.5, 0.6) is 0 Å². The highest BCUT2D eigenvalue weighted by Gasteiger charge is 2.13. The molecule has 2 unspecified atom stereocenters. The summed E-state index contributed by atoms with van der Waals surface area (Å²) in [5, 5.41) is 9.38. The Morgan fingerprint density at radius 3 is 2.38 bits per heavy atom. The van der Waals surface area contributed by atoms with Crippen molar-refractivity contribution in [2.75, 3.05) is 6.61 Å². The SMILES string of the molecule is C=CC(O)C(C)CCOC(C)(C)C. The van der Waals surface area contributed by atoms with Gasteiger partial charge in [0.05, 0.1) is 11.7 Å². The normalized spacial score (nSPS) is 16.7. The summed E-state index contributed by atoms with van der Waals surface area (Å²) in [5.41, 5.74) is -0.0845. The van der Waals surface area contributed by atoms with Gasteiger partial charge in [-0.2, -0.15) is 0 Å². The summed E-state index contributed by atoms with van der Waals surface area (Å²) in [4.78, 5) is 0. The Balaban J connectivity index is 3.59. The maximum absolute atomic E-state index is 9.38. The Morgan fingerprint density at radius 2 is 2.00 bits per heavy atom. The van der Waals surface area contributed by atoms with Crippen molar-refractivity contribution in [1.82, 2.24) is 0 Å². The molecule has 0 saturated carbocycles. The molecule has 0 radical (unpaired) electrons. The third-order valence-corrected chi connectivity index (χ3v) is 1.93. The quantitative estimate of drug-likeness (QED) is 0.668. The van der Waals surface area contributed by atoms with Crippen molar-refractivity contribution in [3.8, 4) is 0 Å². The Labute approximate surface area is 81.6 Å². The molecule has 0 aliphatic carbocycles. The number of ether oxygens (including phenoxy) is 1. The van der Waals surface area contributed by atoms with E-state index in [1.165, 1.54) is 0 Å². The monoisotopic (exact) mass is 186 g/mol. The minimum Gasteiger partial charge on any atom is -0.389 e. The average molecular weight is 186 g/mol. The predicted octanol–water partition coefficient (Wildman–Crippen LogP) is 2.37. The van der Waals surface area contributed by atoms with Crippen molar-refractivity contribution in [2.45, 2.75) is 45.8 Å². The number of hydrogen-bond acceptors (Lipinski definition) is 2. The second-order valence-electron chi connectivity index (χ2n) is 4.45. The van der Waals surface area contributed by atoms with Crippen molar-refractivity contribution in [3.63, 3.8) is 0 Å². The summed E-state index contributed by atoms with van der Waals surface area (Å²) in [5.74, 6) is 0.222. The van der Waals surface area contributed by atoms with E-state index in [1.54, 1.807) is 6.08 Å². The van der Waals surface area contributed by atoms with Crippen LogP contribution < -0.4 is 0 Å². The number of aliphatic hydroxyl groups excluding tert-OH is 1. The van der Waals surface area contributed by atoms with E-state index in [4.69, 9.17) is 4.74 Å². The Kier molecular flexibility index (Phi) is 5.26. The first kappa shape index (κ1) is 12.7. The highest BCUT2D eigenvalue weighted by Crippen LogP contribution is 2.12. The molecule has 13 heavy (non-hydrogen) atoms. The maximum atomic E-state index is 9.38. The fourth-order valence-corrected chi connectivity index (χ4v) is 0.954. The summed E-state index contributed by atoms with van der Waals surface area (Å²) in [6, 6.07) is 0. The van der Waals surface area contributed by atoms with Crippen LogP contribution in [0.15, 0.2) is 12.7 Å². The third-order valence-electron chi connectivity index (χ3n) is 1.93. The molecule has 0 aliphatic rings. The Bertz CT molecular complexity index is 147. The molecular weight excluding hydrogens is 164 g/mol. The molecule has 2 nitrogen and oxygen atoms in total. The average Bonchev–Trinajstić information content (AvgIpc) is 2.00. The van der Waals surface area contributed by atoms with Gasteiger partial charge in [0.25, 0.3) is 0 Å². The second kappa shape index (κ2) is 5.40. The molecule has 1 N–H and O–H groups in total. The van der Waals surface area contributed by atoms with E-state index in [-0.39, 0.29) is 11.5 Å². The highest BCUT2D eigenvalue weighted by atomic mass is 16.5. The molecule has 0 aromatic heterocycles. The molecule has 0 amide bonds. The van der Waals surface area contributed by atoms with Gasteiger partial charge in [-0.15, -0.1) is 6.58 Å². The predicted molar refractivity (Wildman–Crippen MR) is 55.7 cm³/mol. The van der Waals surface area contributed by atoms with E-state index in [0.29, 0.717) is 6.61 Å². The standard InChI is InChI=1S/C11H22O2/c1-6-10(12)9(2)7-8-13-11(3,4)5/h6,9-10,12H,1,7-8H2,2-5H3. The summed E-state index contributed by atoms with van der Waals surface area (Å²) < 4.78 is 5.55. The molecule has 0 aromatic carbocycles. The van der Waals surface area contributed by atoms with Crippen LogP contribution in [0, 0.1) is 5.92 Å². The van der Waals surface area contributed by atoms with Crippen molar-refractivity contribution in [2.24, 2.45) is 5.92 Å². The molecule has 0 heterocycles. The lowest BCUT2D eigenvalue weighted by Crippen LogP contribution is -2.23. The second-order valence-corrected chi connectivity index (χ2v) is 4.45. The topological polar surface area (TPSA) is 29.5 Å². The van der Waals surface area contributed by atoms with Gasteiger partial charge in [-0.05, 0) is 33.1 Å². The lowest BCUT2D eigenvalue weighted by atomic mass is 10.0. The van der Waals surface area contributed by atoms with Gasteiger partial charge in [-0.1, -0.05) is 13.0 Å². The lowest BCUT2D eigenvalue weighted by molar-refractivity contribution is -0.0141. The van der Waals surface area contributed by atoms with Crippen LogP contribution in [-0.4, -0.2) is 23.4 Å². The maximum Gasteiger partial charge on any atom is 0.0744 e. The zero-order chi connectivity index (χ0) is 10.5. The van der Waals surface area contributed by atoms with Crippen molar-refractivity contribution >= 4 is 0 Å². The zero-order valence-electron chi connectivity index (χ0n) is 9.21. The zero-order valence-corrected chi connectivity index (χ0v) is 9.21. The minimum absolute atomic E-state index is 0.0845. The summed E-state index contributed by atoms with van der Waals surface area (Å²) in [6.07, 6.45) is 2.02. The van der Waals surface area contributed by atoms with Crippen LogP contribution in [0.1, 0.15) is 34.1 Å². The van der Waals surface area contributed by atoms with Crippen LogP contribution >= 0.6 is 0 Å². The van der Waals surface area contributed by atoms with Crippen molar-refractivity contribution in [1.29, 1.82) is 0 Å². The van der Waals surface area contributed by atoms with Gasteiger partial charge < -0.3 is 9.84 Å². The number of aliphatic hydroxyl groups is 1. The molecule has 2 heteroatoms. The Hall–Kier alpha value is -0.340. The molecule has 0 fully saturated rings. The molecular formula is C11H22O2. The van der Waals surface area contributed by atoms with E-state index < -0.39 is 6.10 Å². The first-order valence-electron chi connectivity index (χ1n) is 4.81. The van der Waals surface area contributed by atoms with E-state index in [0.717, 1.165) is 6.42 Å². The lowest BCUT2D eigenvalue weighted by Gasteiger charge is -2.22. The molecule has 0 saturated heterocycles. The van der Waals surface area contributed by atoms with Crippen LogP contribution in [0.2, 0.25) is 0 Å². The molecule has 0 spiro atoms. The van der Waals surface area contributed by atoms with Gasteiger partial charge in [-0.3, -0.25) is 0 Å². The van der Waals surface area contributed by atoms with Gasteiger partial charge in [-0.25, -0.2) is 0 Å².